The van der Waals surface area contributed by atoms with Crippen molar-refractivity contribution in [3.63, 3.8) is 0 Å². The van der Waals surface area contributed by atoms with Crippen LogP contribution in [0.15, 0.2) is 0 Å². The summed E-state index contributed by atoms with van der Waals surface area (Å²) in [4.78, 5) is 2.60. The van der Waals surface area contributed by atoms with Gasteiger partial charge in [-0.2, -0.15) is 0 Å². The minimum Gasteiger partial charge on any atom is -0.314 e. The molecule has 1 saturated heterocycles. The minimum absolute atomic E-state index is 0.256. The zero-order valence-electron chi connectivity index (χ0n) is 10.4. The van der Waals surface area contributed by atoms with Gasteiger partial charge in [0.25, 0.3) is 0 Å². The van der Waals surface area contributed by atoms with Gasteiger partial charge in [0.1, 0.15) is 0 Å². The second-order valence-corrected chi connectivity index (χ2v) is 5.66. The molecule has 0 radical (unpaired) electrons. The van der Waals surface area contributed by atoms with Crippen LogP contribution in [0.1, 0.15) is 34.1 Å². The van der Waals surface area contributed by atoms with Gasteiger partial charge in [-0.25, -0.2) is 0 Å². The van der Waals surface area contributed by atoms with E-state index < -0.39 is 0 Å². The molecule has 1 unspecified atom stereocenters. The Balaban J connectivity index is 2.36. The van der Waals surface area contributed by atoms with E-state index in [0.29, 0.717) is 0 Å². The Bertz CT molecular complexity index is 175. The molecule has 14 heavy (non-hydrogen) atoms. The van der Waals surface area contributed by atoms with Gasteiger partial charge in [0.15, 0.2) is 0 Å². The van der Waals surface area contributed by atoms with Crippen LogP contribution in [0.5, 0.6) is 0 Å². The van der Waals surface area contributed by atoms with E-state index >= 15 is 0 Å². The van der Waals surface area contributed by atoms with Crippen molar-refractivity contribution in [2.24, 2.45) is 11.8 Å². The number of rotatable bonds is 4. The highest BCUT2D eigenvalue weighted by atomic mass is 15.2. The molecule has 84 valence electrons. The summed E-state index contributed by atoms with van der Waals surface area (Å²) in [6, 6.07) is 0. The van der Waals surface area contributed by atoms with Gasteiger partial charge in [0.2, 0.25) is 0 Å². The van der Waals surface area contributed by atoms with Crippen molar-refractivity contribution in [3.8, 4) is 0 Å². The third-order valence-electron chi connectivity index (χ3n) is 3.55. The van der Waals surface area contributed by atoms with Crippen LogP contribution in [0.25, 0.3) is 0 Å². The maximum atomic E-state index is 3.37. The molecule has 1 heterocycles. The van der Waals surface area contributed by atoms with E-state index in [1.807, 2.05) is 0 Å². The monoisotopic (exact) mass is 198 g/mol. The predicted octanol–water partition coefficient (Wildman–Crippen LogP) is 1.96. The molecule has 1 rings (SSSR count). The smallest absolute Gasteiger partial charge is 0.0249 e. The van der Waals surface area contributed by atoms with Gasteiger partial charge in [-0.1, -0.05) is 13.8 Å². The number of likely N-dealkylation sites (tertiary alicyclic amines) is 1. The van der Waals surface area contributed by atoms with Crippen LogP contribution >= 0.6 is 0 Å². The maximum Gasteiger partial charge on any atom is 0.0249 e. The lowest BCUT2D eigenvalue weighted by Crippen LogP contribution is -2.46. The Morgan fingerprint density at radius 1 is 1.43 bits per heavy atom. The summed E-state index contributed by atoms with van der Waals surface area (Å²) < 4.78 is 0. The first-order valence-electron chi connectivity index (χ1n) is 5.86. The van der Waals surface area contributed by atoms with Crippen molar-refractivity contribution in [1.82, 2.24) is 10.2 Å². The van der Waals surface area contributed by atoms with Crippen molar-refractivity contribution < 1.29 is 0 Å². The molecule has 1 fully saturated rings. The predicted molar refractivity (Wildman–Crippen MR) is 62.5 cm³/mol. The van der Waals surface area contributed by atoms with E-state index in [1.54, 1.807) is 0 Å². The van der Waals surface area contributed by atoms with Crippen molar-refractivity contribution in [2.75, 3.05) is 26.7 Å². The lowest BCUT2D eigenvalue weighted by molar-refractivity contribution is 0.231. The average Bonchev–Trinajstić information content (AvgIpc) is 2.52. The SMILES string of the molecule is CNC(C)(C)CN1CCC(C(C)C)C1. The average molecular weight is 198 g/mol. The largest absolute Gasteiger partial charge is 0.314 e. The molecule has 1 aliphatic heterocycles. The molecule has 0 aliphatic carbocycles. The highest BCUT2D eigenvalue weighted by Crippen LogP contribution is 2.24. The van der Waals surface area contributed by atoms with E-state index in [-0.39, 0.29) is 5.54 Å². The van der Waals surface area contributed by atoms with Crippen LogP contribution in [0.4, 0.5) is 0 Å². The highest BCUT2D eigenvalue weighted by Gasteiger charge is 2.28. The van der Waals surface area contributed by atoms with Crippen LogP contribution in [0, 0.1) is 11.8 Å². The fraction of sp³-hybridized carbons (Fsp3) is 1.00. The van der Waals surface area contributed by atoms with Gasteiger partial charge in [-0.15, -0.1) is 0 Å². The Kier molecular flexibility index (Phi) is 3.96. The van der Waals surface area contributed by atoms with E-state index in [9.17, 15) is 0 Å². The van der Waals surface area contributed by atoms with Crippen molar-refractivity contribution in [2.45, 2.75) is 39.7 Å². The molecule has 1 atom stereocenters. The number of nitrogens with zero attached hydrogens (tertiary/aromatic N) is 1. The molecule has 0 saturated carbocycles. The Hall–Kier alpha value is -0.0800. The Morgan fingerprint density at radius 3 is 2.50 bits per heavy atom. The van der Waals surface area contributed by atoms with Crippen molar-refractivity contribution in [3.05, 3.63) is 0 Å². The lowest BCUT2D eigenvalue weighted by Gasteiger charge is -2.30. The first kappa shape index (κ1) is 12.0. The van der Waals surface area contributed by atoms with E-state index in [4.69, 9.17) is 0 Å². The summed E-state index contributed by atoms with van der Waals surface area (Å²) in [5.41, 5.74) is 0.256. The number of likely N-dealkylation sites (N-methyl/N-ethyl adjacent to an activating group) is 1. The number of hydrogen-bond acceptors (Lipinski definition) is 2. The van der Waals surface area contributed by atoms with Gasteiger partial charge in [0, 0.05) is 18.6 Å². The van der Waals surface area contributed by atoms with Crippen LogP contribution in [0.2, 0.25) is 0 Å². The van der Waals surface area contributed by atoms with Crippen LogP contribution in [0.3, 0.4) is 0 Å². The third kappa shape index (κ3) is 3.25. The van der Waals surface area contributed by atoms with Crippen LogP contribution < -0.4 is 5.32 Å². The summed E-state index contributed by atoms with van der Waals surface area (Å²) >= 11 is 0. The van der Waals surface area contributed by atoms with Gasteiger partial charge in [0.05, 0.1) is 0 Å². The van der Waals surface area contributed by atoms with Gasteiger partial charge < -0.3 is 10.2 Å². The van der Waals surface area contributed by atoms with Gasteiger partial charge in [-0.3, -0.25) is 0 Å². The highest BCUT2D eigenvalue weighted by molar-refractivity contribution is 4.85. The fourth-order valence-electron chi connectivity index (χ4n) is 2.19. The topological polar surface area (TPSA) is 15.3 Å². The molecule has 0 spiro atoms. The van der Waals surface area contributed by atoms with E-state index in [2.05, 4.69) is 45.0 Å². The zero-order valence-corrected chi connectivity index (χ0v) is 10.4. The zero-order chi connectivity index (χ0) is 10.8. The molecule has 1 aliphatic rings. The second kappa shape index (κ2) is 4.63. The van der Waals surface area contributed by atoms with Crippen molar-refractivity contribution >= 4 is 0 Å². The Morgan fingerprint density at radius 2 is 2.07 bits per heavy atom. The molecule has 0 aromatic rings. The van der Waals surface area contributed by atoms with E-state index in [0.717, 1.165) is 11.8 Å². The molecule has 0 bridgehead atoms. The van der Waals surface area contributed by atoms with Crippen LogP contribution in [-0.4, -0.2) is 37.1 Å². The molecule has 0 amide bonds. The minimum atomic E-state index is 0.256. The molecule has 0 aromatic carbocycles. The summed E-state index contributed by atoms with van der Waals surface area (Å²) in [6.45, 7) is 13.0. The van der Waals surface area contributed by atoms with Gasteiger partial charge >= 0.3 is 0 Å². The molecule has 2 heteroatoms. The number of hydrogen-bond donors (Lipinski definition) is 1. The molecular weight excluding hydrogens is 172 g/mol. The second-order valence-electron chi connectivity index (χ2n) is 5.66. The number of nitrogens with one attached hydrogen (secondary N) is 1. The summed E-state index contributed by atoms with van der Waals surface area (Å²) in [6.07, 6.45) is 1.39. The van der Waals surface area contributed by atoms with Crippen molar-refractivity contribution in [1.29, 1.82) is 0 Å². The maximum absolute atomic E-state index is 3.37. The first-order chi connectivity index (χ1) is 6.44. The van der Waals surface area contributed by atoms with Gasteiger partial charge in [-0.05, 0) is 45.7 Å². The molecule has 0 aromatic heterocycles. The normalized spacial score (nSPS) is 24.9. The Labute approximate surface area is 89.1 Å². The summed E-state index contributed by atoms with van der Waals surface area (Å²) in [7, 11) is 2.05. The molecular formula is C12H26N2. The molecule has 2 nitrogen and oxygen atoms in total. The first-order valence-corrected chi connectivity index (χ1v) is 5.86. The lowest BCUT2D eigenvalue weighted by atomic mass is 9.95. The standard InChI is InChI=1S/C12H26N2/c1-10(2)11-6-7-14(8-11)9-12(3,4)13-5/h10-11,13H,6-9H2,1-5H3. The summed E-state index contributed by atoms with van der Waals surface area (Å²) in [5, 5.41) is 3.37. The summed E-state index contributed by atoms with van der Waals surface area (Å²) in [5.74, 6) is 1.76. The van der Waals surface area contributed by atoms with E-state index in [1.165, 1.54) is 26.1 Å². The quantitative estimate of drug-likeness (QED) is 0.743. The third-order valence-corrected chi connectivity index (χ3v) is 3.55. The molecule has 1 N–H and O–H groups in total. The van der Waals surface area contributed by atoms with Crippen LogP contribution in [-0.2, 0) is 0 Å². The fourth-order valence-corrected chi connectivity index (χ4v) is 2.19.